The van der Waals surface area contributed by atoms with Crippen molar-refractivity contribution in [3.8, 4) is 0 Å². The third-order valence-corrected chi connectivity index (χ3v) is 6.97. The molecule has 2 fully saturated rings. The van der Waals surface area contributed by atoms with Crippen LogP contribution in [0, 0.1) is 11.8 Å². The highest BCUT2D eigenvalue weighted by Gasteiger charge is 2.25. The van der Waals surface area contributed by atoms with Gasteiger partial charge in [0.25, 0.3) is 0 Å². The predicted octanol–water partition coefficient (Wildman–Crippen LogP) is 2.61. The fourth-order valence-corrected chi connectivity index (χ4v) is 4.61. The number of sulfonamides is 1. The van der Waals surface area contributed by atoms with Crippen LogP contribution in [-0.4, -0.2) is 46.8 Å². The molecule has 7 heteroatoms. The van der Waals surface area contributed by atoms with Crippen molar-refractivity contribution >= 4 is 27.3 Å². The maximum Gasteiger partial charge on any atom is 0.232 e. The molecule has 1 amide bonds. The van der Waals surface area contributed by atoms with Crippen LogP contribution in [0.5, 0.6) is 0 Å². The summed E-state index contributed by atoms with van der Waals surface area (Å²) in [4.78, 5) is 14.3. The van der Waals surface area contributed by atoms with E-state index in [1.54, 1.807) is 0 Å². The number of amides is 1. The maximum atomic E-state index is 12.2. The van der Waals surface area contributed by atoms with Gasteiger partial charge in [-0.2, -0.15) is 0 Å². The summed E-state index contributed by atoms with van der Waals surface area (Å²) < 4.78 is 25.8. The summed E-state index contributed by atoms with van der Waals surface area (Å²) >= 11 is 0. The van der Waals surface area contributed by atoms with E-state index < -0.39 is 10.0 Å². The Balaban J connectivity index is 1.61. The first-order valence-electron chi connectivity index (χ1n) is 9.95. The summed E-state index contributed by atoms with van der Waals surface area (Å²) in [5, 5.41) is 2.87. The van der Waals surface area contributed by atoms with Crippen molar-refractivity contribution < 1.29 is 13.2 Å². The Hall–Kier alpha value is -1.76. The first-order valence-corrected chi connectivity index (χ1v) is 11.8. The van der Waals surface area contributed by atoms with E-state index >= 15 is 0 Å². The molecule has 1 heterocycles. The van der Waals surface area contributed by atoms with E-state index in [2.05, 4.69) is 17.1 Å². The molecular formula is C20H31N3O3S. The summed E-state index contributed by atoms with van der Waals surface area (Å²) in [6, 6.07) is 7.72. The molecule has 1 aromatic carbocycles. The van der Waals surface area contributed by atoms with Gasteiger partial charge in [0.2, 0.25) is 15.9 Å². The van der Waals surface area contributed by atoms with Crippen molar-refractivity contribution in [1.29, 1.82) is 0 Å². The summed E-state index contributed by atoms with van der Waals surface area (Å²) in [5.41, 5.74) is 1.78. The fourth-order valence-electron chi connectivity index (χ4n) is 3.68. The largest absolute Gasteiger partial charge is 0.372 e. The Morgan fingerprint density at radius 1 is 1.15 bits per heavy atom. The molecule has 3 rings (SSSR count). The van der Waals surface area contributed by atoms with Gasteiger partial charge in [0.05, 0.1) is 18.5 Å². The summed E-state index contributed by atoms with van der Waals surface area (Å²) in [6.45, 7) is 4.95. The minimum Gasteiger partial charge on any atom is -0.372 e. The molecule has 27 heavy (non-hydrogen) atoms. The van der Waals surface area contributed by atoms with Gasteiger partial charge in [-0.05, 0) is 55.9 Å². The van der Waals surface area contributed by atoms with Crippen LogP contribution < -0.4 is 14.5 Å². The number of piperidine rings is 1. The van der Waals surface area contributed by atoms with Gasteiger partial charge in [-0.3, -0.25) is 9.10 Å². The van der Waals surface area contributed by atoms with E-state index in [1.807, 2.05) is 24.3 Å². The summed E-state index contributed by atoms with van der Waals surface area (Å²) in [5.74, 6) is 0.934. The van der Waals surface area contributed by atoms with Crippen LogP contribution in [0.2, 0.25) is 0 Å². The average molecular weight is 394 g/mol. The SMILES string of the molecule is CC1CCN(c2ccc(N(CCNC(=O)C3CCC3)S(C)(=O)=O)cc2)CC1. The number of nitrogens with zero attached hydrogens (tertiary/aromatic N) is 2. The van der Waals surface area contributed by atoms with Gasteiger partial charge in [0.15, 0.2) is 0 Å². The highest BCUT2D eigenvalue weighted by atomic mass is 32.2. The lowest BCUT2D eigenvalue weighted by Gasteiger charge is -2.32. The lowest BCUT2D eigenvalue weighted by Crippen LogP contribution is -2.41. The monoisotopic (exact) mass is 393 g/mol. The lowest BCUT2D eigenvalue weighted by molar-refractivity contribution is -0.127. The standard InChI is InChI=1S/C20H31N3O3S/c1-16-10-13-22(14-11-16)18-6-8-19(9-7-18)23(27(2,25)26)15-12-21-20(24)17-4-3-5-17/h6-9,16-17H,3-5,10-15H2,1-2H3,(H,21,24). The van der Waals surface area contributed by atoms with Gasteiger partial charge >= 0.3 is 0 Å². The summed E-state index contributed by atoms with van der Waals surface area (Å²) in [7, 11) is -3.40. The van der Waals surface area contributed by atoms with Crippen molar-refractivity contribution in [2.24, 2.45) is 11.8 Å². The van der Waals surface area contributed by atoms with Crippen LogP contribution in [0.4, 0.5) is 11.4 Å². The van der Waals surface area contributed by atoms with E-state index in [-0.39, 0.29) is 18.4 Å². The maximum absolute atomic E-state index is 12.2. The quantitative estimate of drug-likeness (QED) is 0.773. The number of rotatable bonds is 7. The number of hydrogen-bond acceptors (Lipinski definition) is 4. The first kappa shape index (κ1) is 20.0. The molecule has 0 radical (unpaired) electrons. The molecule has 0 bridgehead atoms. The Labute approximate surface area is 163 Å². The second-order valence-electron chi connectivity index (χ2n) is 7.94. The molecule has 0 atom stereocenters. The van der Waals surface area contributed by atoms with Crippen molar-refractivity contribution in [3.63, 3.8) is 0 Å². The molecule has 0 aromatic heterocycles. The predicted molar refractivity (Wildman–Crippen MR) is 110 cm³/mol. The van der Waals surface area contributed by atoms with Crippen LogP contribution in [0.25, 0.3) is 0 Å². The third kappa shape index (κ3) is 5.15. The molecule has 0 unspecified atom stereocenters. The molecule has 1 aromatic rings. The number of anilines is 2. The van der Waals surface area contributed by atoms with Crippen molar-refractivity contribution in [2.45, 2.75) is 39.0 Å². The molecule has 0 spiro atoms. The number of nitrogens with one attached hydrogen (secondary N) is 1. The molecular weight excluding hydrogens is 362 g/mol. The third-order valence-electron chi connectivity index (χ3n) is 5.78. The molecule has 1 saturated heterocycles. The van der Waals surface area contributed by atoms with E-state index in [1.165, 1.54) is 23.4 Å². The van der Waals surface area contributed by atoms with Crippen LogP contribution in [-0.2, 0) is 14.8 Å². The van der Waals surface area contributed by atoms with Crippen molar-refractivity contribution in [3.05, 3.63) is 24.3 Å². The Bertz CT molecular complexity index is 736. The van der Waals surface area contributed by atoms with E-state index in [4.69, 9.17) is 0 Å². The Morgan fingerprint density at radius 2 is 1.78 bits per heavy atom. The second-order valence-corrected chi connectivity index (χ2v) is 9.85. The lowest BCUT2D eigenvalue weighted by atomic mass is 9.85. The van der Waals surface area contributed by atoms with E-state index in [0.717, 1.165) is 44.0 Å². The van der Waals surface area contributed by atoms with Gasteiger partial charge in [-0.15, -0.1) is 0 Å². The van der Waals surface area contributed by atoms with Gasteiger partial charge < -0.3 is 10.2 Å². The van der Waals surface area contributed by atoms with Crippen LogP contribution in [0.15, 0.2) is 24.3 Å². The van der Waals surface area contributed by atoms with Crippen LogP contribution >= 0.6 is 0 Å². The Kier molecular flexibility index (Phi) is 6.29. The zero-order valence-electron chi connectivity index (χ0n) is 16.4. The normalized spacial score (nSPS) is 18.8. The first-order chi connectivity index (χ1) is 12.8. The smallest absolute Gasteiger partial charge is 0.232 e. The zero-order valence-corrected chi connectivity index (χ0v) is 17.2. The molecule has 6 nitrogen and oxygen atoms in total. The van der Waals surface area contributed by atoms with E-state index in [9.17, 15) is 13.2 Å². The second kappa shape index (κ2) is 8.50. The summed E-state index contributed by atoms with van der Waals surface area (Å²) in [6.07, 6.45) is 6.59. The molecule has 1 N–H and O–H groups in total. The average Bonchev–Trinajstić information content (AvgIpc) is 2.57. The van der Waals surface area contributed by atoms with Crippen LogP contribution in [0.3, 0.4) is 0 Å². The minimum atomic E-state index is -3.40. The van der Waals surface area contributed by atoms with Crippen LogP contribution in [0.1, 0.15) is 39.0 Å². The van der Waals surface area contributed by atoms with Gasteiger partial charge in [0.1, 0.15) is 0 Å². The molecule has 150 valence electrons. The number of carbonyl (C=O) groups excluding carboxylic acids is 1. The van der Waals surface area contributed by atoms with Gasteiger partial charge in [-0.1, -0.05) is 13.3 Å². The number of hydrogen-bond donors (Lipinski definition) is 1. The highest BCUT2D eigenvalue weighted by molar-refractivity contribution is 7.92. The molecule has 1 aliphatic heterocycles. The highest BCUT2D eigenvalue weighted by Crippen LogP contribution is 2.27. The molecule has 1 saturated carbocycles. The van der Waals surface area contributed by atoms with Crippen molar-refractivity contribution in [2.75, 3.05) is 41.6 Å². The van der Waals surface area contributed by atoms with E-state index in [0.29, 0.717) is 12.2 Å². The molecule has 1 aliphatic carbocycles. The van der Waals surface area contributed by atoms with Gasteiger partial charge in [-0.25, -0.2) is 8.42 Å². The fraction of sp³-hybridized carbons (Fsp3) is 0.650. The number of carbonyl (C=O) groups is 1. The molecule has 2 aliphatic rings. The van der Waals surface area contributed by atoms with Crippen molar-refractivity contribution in [1.82, 2.24) is 5.32 Å². The Morgan fingerprint density at radius 3 is 2.30 bits per heavy atom. The topological polar surface area (TPSA) is 69.7 Å². The zero-order chi connectivity index (χ0) is 19.4. The minimum absolute atomic E-state index is 0.0457. The number of benzene rings is 1. The van der Waals surface area contributed by atoms with Gasteiger partial charge in [0, 0.05) is 31.2 Å².